The highest BCUT2D eigenvalue weighted by molar-refractivity contribution is 7.94. The number of carbonyl (C=O) groups excluding carboxylic acids is 4. The number of anilines is 12. The van der Waals surface area contributed by atoms with Crippen LogP contribution in [0.4, 0.5) is 70.4 Å². The Morgan fingerprint density at radius 1 is 0.397 bits per heavy atom. The molecule has 41 heteroatoms. The van der Waals surface area contributed by atoms with Crippen molar-refractivity contribution in [3.8, 4) is 0 Å². The molecular formula is C85H85Cl3FN17O12S8. The molecule has 4 N–H and O–H groups in total. The predicted octanol–water partition coefficient (Wildman–Crippen LogP) is 15.4. The second-order valence-corrected chi connectivity index (χ2v) is 41.8. The van der Waals surface area contributed by atoms with Crippen molar-refractivity contribution in [3.63, 3.8) is 0 Å². The minimum absolute atomic E-state index is 0. The summed E-state index contributed by atoms with van der Waals surface area (Å²) in [5.74, 6) is 0.271. The molecule has 126 heavy (non-hydrogen) atoms. The summed E-state index contributed by atoms with van der Waals surface area (Å²) in [6.45, 7) is 6.96. The first-order chi connectivity index (χ1) is 60.6. The number of thiazole rings is 3. The van der Waals surface area contributed by atoms with Gasteiger partial charge in [-0.1, -0.05) is 53.0 Å². The van der Waals surface area contributed by atoms with Gasteiger partial charge >= 0.3 is 0 Å². The molecule has 0 spiro atoms. The van der Waals surface area contributed by atoms with E-state index < -0.39 is 40.1 Å². The molecule has 4 saturated heterocycles. The van der Waals surface area contributed by atoms with E-state index in [0.29, 0.717) is 129 Å². The van der Waals surface area contributed by atoms with Crippen molar-refractivity contribution in [1.29, 1.82) is 0 Å². The Bertz CT molecular complexity index is 6600. The van der Waals surface area contributed by atoms with Crippen LogP contribution in [0.15, 0.2) is 224 Å². The van der Waals surface area contributed by atoms with Crippen molar-refractivity contribution in [2.24, 2.45) is 0 Å². The van der Waals surface area contributed by atoms with Gasteiger partial charge in [-0.15, -0.1) is 34.0 Å². The summed E-state index contributed by atoms with van der Waals surface area (Å²) in [5.41, 5.74) is 10.8. The van der Waals surface area contributed by atoms with E-state index >= 15 is 0 Å². The lowest BCUT2D eigenvalue weighted by Crippen LogP contribution is -2.44. The molecule has 0 bridgehead atoms. The van der Waals surface area contributed by atoms with Crippen LogP contribution in [-0.4, -0.2) is 158 Å². The van der Waals surface area contributed by atoms with E-state index in [4.69, 9.17) is 34.8 Å². The summed E-state index contributed by atoms with van der Waals surface area (Å²) >= 11 is 23.3. The number of halogens is 4. The molecule has 20 rings (SSSR count). The lowest BCUT2D eigenvalue weighted by Gasteiger charge is -2.35. The van der Waals surface area contributed by atoms with Gasteiger partial charge in [0, 0.05) is 158 Å². The number of rotatable bonds is 20. The Morgan fingerprint density at radius 2 is 0.762 bits per heavy atom. The molecule has 0 aliphatic carbocycles. The Kier molecular flexibility index (Phi) is 25.2. The number of aromatic nitrogens is 5. The zero-order valence-corrected chi connectivity index (χ0v) is 75.8. The van der Waals surface area contributed by atoms with E-state index in [1.54, 1.807) is 97.3 Å². The molecule has 0 saturated carbocycles. The van der Waals surface area contributed by atoms with Crippen LogP contribution in [0.5, 0.6) is 0 Å². The van der Waals surface area contributed by atoms with E-state index in [-0.39, 0.29) is 82.6 Å². The van der Waals surface area contributed by atoms with Crippen LogP contribution in [0.25, 0.3) is 0 Å². The van der Waals surface area contributed by atoms with Gasteiger partial charge in [-0.05, 0) is 233 Å². The van der Waals surface area contributed by atoms with Gasteiger partial charge in [-0.25, -0.2) is 58.0 Å². The van der Waals surface area contributed by atoms with Crippen LogP contribution < -0.4 is 58.1 Å². The molecule has 4 amide bonds. The normalized spacial score (nSPS) is 18.5. The minimum atomic E-state index is -3.78. The van der Waals surface area contributed by atoms with E-state index in [9.17, 15) is 57.2 Å². The van der Waals surface area contributed by atoms with Gasteiger partial charge in [-0.3, -0.25) is 38.1 Å². The molecule has 12 heterocycles. The minimum Gasteiger partial charge on any atom is -0.359 e. The topological polar surface area (TPSA) is 343 Å². The third kappa shape index (κ3) is 18.4. The molecule has 8 aliphatic rings. The Morgan fingerprint density at radius 3 is 1.17 bits per heavy atom. The maximum Gasteiger partial charge on any atom is 0.263 e. The average molecular weight is 1920 g/mol. The second-order valence-electron chi connectivity index (χ2n) is 30.4. The van der Waals surface area contributed by atoms with Gasteiger partial charge in [0.15, 0.2) is 15.4 Å². The van der Waals surface area contributed by atoms with Crippen molar-refractivity contribution in [1.82, 2.24) is 24.3 Å². The van der Waals surface area contributed by atoms with Crippen molar-refractivity contribution >= 4 is 210 Å². The highest BCUT2D eigenvalue weighted by atomic mass is 35.5. The monoisotopic (exact) mass is 1920 g/mol. The zero-order chi connectivity index (χ0) is 87.9. The van der Waals surface area contributed by atoms with Crippen LogP contribution in [0.3, 0.4) is 0 Å². The molecule has 4 fully saturated rings. The number of nitrogens with zero attached hydrogens (tertiary/aromatic N) is 13. The standard InChI is InChI=1S/C22H22ClN5O3S2.2C21H19ClN4O3S2.C21H19FN4O3S2.3H2/c1-14-24-22(32-25-14)26-33(30,31)18-7-5-17(6-8-18)27-12-10-20(21(27)29)28-11-2-3-15-13-16(23)4-9-19(15)28;22-15-1-6-18-14(13-15)7-10-26(18)19-8-11-25(20(19)27)16-2-4-17(5-3-16)31(28,29)24-21-23-9-12-30-21;22-17-3-1-2-14-8-11-26(19(14)17)18-9-12-25(20(18)27)15-4-6-16(7-5-15)31(28,29)24-21-23-10-13-30-21;22-17-2-1-3-18-16(17)8-11-26(18)19-9-12-25(20(19)27)14-4-6-15(7-5-14)31(28,29)24-21-23-10-13-30-21;;;/h4-9,13,20H,2-3,10-12H2,1H3,(H,24,25,26);1-6,9,12-13,19H,7-8,10-11H2,(H,23,24);1-7,10,13,18H,8-9,11-12H2,(H,23,24);1-7,10,13,19H,8-9,11-12H2,(H,23,24);3*1H/t20-;19-;18-;19-;;;/m0000.../s1. The first kappa shape index (κ1) is 87.2. The highest BCUT2D eigenvalue weighted by Gasteiger charge is 2.44. The Balaban J connectivity index is 0.000000138. The van der Waals surface area contributed by atoms with Crippen LogP contribution in [0.2, 0.25) is 15.1 Å². The average Bonchev–Trinajstić information content (AvgIpc) is 1.49. The number of hydrogen-bond donors (Lipinski definition) is 4. The van der Waals surface area contributed by atoms with Crippen molar-refractivity contribution in [3.05, 3.63) is 254 Å². The number of fused-ring (bicyclic) bond motifs is 4. The number of benzene rings is 8. The summed E-state index contributed by atoms with van der Waals surface area (Å²) in [6.07, 6.45) is 11.6. The van der Waals surface area contributed by atoms with Crippen LogP contribution >= 0.6 is 80.3 Å². The molecule has 0 unspecified atom stereocenters. The molecule has 4 aromatic heterocycles. The van der Waals surface area contributed by atoms with Crippen LogP contribution in [0, 0.1) is 12.7 Å². The molecule has 8 aromatic carbocycles. The van der Waals surface area contributed by atoms with Gasteiger partial charge < -0.3 is 39.2 Å². The number of hydrogen-bond acceptors (Lipinski definition) is 25. The lowest BCUT2D eigenvalue weighted by molar-refractivity contribution is -0.119. The smallest absolute Gasteiger partial charge is 0.263 e. The molecular weight excluding hydrogens is 1830 g/mol. The molecule has 4 atom stereocenters. The SMILES string of the molecule is Cc1nsc(NS(=O)(=O)c2ccc(N3CC[C@H](N4CCCc5cc(Cl)ccc54)C3=O)cc2)n1.O=C1[C@@H](N2CCc3c(F)cccc32)CCN1c1ccc(S(=O)(=O)Nc2nccs2)cc1.O=C1[C@@H](N2CCc3cc(Cl)ccc32)CCN1c1ccc(S(=O)(=O)Nc2nccs2)cc1.O=C1[C@@H](N2CCc3cccc(Cl)c32)CCN1c1ccc(S(=O)(=O)Nc2nccs2)cc1.[HH].[HH].[HH]. The number of carbonyl (C=O) groups is 4. The van der Waals surface area contributed by atoms with Gasteiger partial charge in [0.25, 0.3) is 40.1 Å². The lowest BCUT2D eigenvalue weighted by atomic mass is 9.99. The maximum absolute atomic E-state index is 14.1. The van der Waals surface area contributed by atoms with Gasteiger partial charge in [0.1, 0.15) is 35.8 Å². The zero-order valence-electron chi connectivity index (χ0n) is 67.0. The number of nitrogens with one attached hydrogen (secondary N) is 4. The van der Waals surface area contributed by atoms with E-state index in [1.165, 1.54) is 124 Å². The maximum atomic E-state index is 14.1. The number of amides is 4. The molecule has 12 aromatic rings. The van der Waals surface area contributed by atoms with Crippen LogP contribution in [0.1, 0.15) is 64.5 Å². The third-order valence-electron chi connectivity index (χ3n) is 22.9. The third-order valence-corrected chi connectivity index (χ3v) is 32.4. The molecule has 658 valence electrons. The molecule has 0 radical (unpaired) electrons. The Hall–Kier alpha value is -10.9. The summed E-state index contributed by atoms with van der Waals surface area (Å²) in [4.78, 5) is 84.4. The second kappa shape index (κ2) is 36.4. The van der Waals surface area contributed by atoms with Gasteiger partial charge in [0.05, 0.1) is 30.3 Å². The number of sulfonamides is 4. The van der Waals surface area contributed by atoms with Crippen LogP contribution in [-0.2, 0) is 85.0 Å². The van der Waals surface area contributed by atoms with Crippen molar-refractivity contribution in [2.45, 2.75) is 108 Å². The fraction of sp³-hybridized carbons (Fsp3) is 0.259. The highest BCUT2D eigenvalue weighted by Crippen LogP contribution is 2.43. The van der Waals surface area contributed by atoms with Crippen molar-refractivity contribution < 1.29 is 61.5 Å². The fourth-order valence-electron chi connectivity index (χ4n) is 17.0. The summed E-state index contributed by atoms with van der Waals surface area (Å²) < 4.78 is 128. The van der Waals surface area contributed by atoms with E-state index in [0.717, 1.165) is 79.6 Å². The molecule has 29 nitrogen and oxygen atoms in total. The summed E-state index contributed by atoms with van der Waals surface area (Å²) in [7, 11) is -15.0. The number of aryl methyl sites for hydroxylation is 2. The first-order valence-electron chi connectivity index (χ1n) is 40.1. The summed E-state index contributed by atoms with van der Waals surface area (Å²) in [5, 5.41) is 8.31. The van der Waals surface area contributed by atoms with Gasteiger partial charge in [0.2, 0.25) is 28.8 Å². The first-order valence-corrected chi connectivity index (χ1v) is 50.5. The Labute approximate surface area is 762 Å². The largest absolute Gasteiger partial charge is 0.359 e. The van der Waals surface area contributed by atoms with E-state index in [1.807, 2.05) is 59.5 Å². The quantitative estimate of drug-likeness (QED) is 0.0550. The fourth-order valence-corrected chi connectivity index (χ4v) is 24.9. The van der Waals surface area contributed by atoms with Crippen molar-refractivity contribution in [2.75, 3.05) is 110 Å². The molecule has 8 aliphatic heterocycles. The van der Waals surface area contributed by atoms with Gasteiger partial charge in [-0.2, -0.15) is 4.37 Å². The number of para-hydroxylation sites is 1. The summed E-state index contributed by atoms with van der Waals surface area (Å²) in [6, 6.07) is 46.7. The predicted molar refractivity (Wildman–Crippen MR) is 499 cm³/mol. The van der Waals surface area contributed by atoms with E-state index in [2.05, 4.69) is 64.0 Å².